The molecule has 0 radical (unpaired) electrons. The van der Waals surface area contributed by atoms with Crippen LogP contribution >= 0.6 is 0 Å². The van der Waals surface area contributed by atoms with Gasteiger partial charge in [-0.3, -0.25) is 4.90 Å². The van der Waals surface area contributed by atoms with E-state index in [1.54, 1.807) is 0 Å². The summed E-state index contributed by atoms with van der Waals surface area (Å²) in [5, 5.41) is 0. The molecule has 0 amide bonds. The Bertz CT molecular complexity index is 407. The van der Waals surface area contributed by atoms with E-state index in [0.29, 0.717) is 11.3 Å². The van der Waals surface area contributed by atoms with Crippen molar-refractivity contribution in [2.75, 3.05) is 6.54 Å². The first-order chi connectivity index (χ1) is 8.99. The van der Waals surface area contributed by atoms with Gasteiger partial charge >= 0.3 is 0 Å². The summed E-state index contributed by atoms with van der Waals surface area (Å²) in [5.74, 6) is 1.19. The topological polar surface area (TPSA) is 29.3 Å². The van der Waals surface area contributed by atoms with Gasteiger partial charge in [0.2, 0.25) is 0 Å². The molecule has 1 heterocycles. The Kier molecular flexibility index (Phi) is 5.42. The van der Waals surface area contributed by atoms with E-state index < -0.39 is 0 Å². The van der Waals surface area contributed by atoms with Gasteiger partial charge in [0.05, 0.1) is 5.69 Å². The van der Waals surface area contributed by atoms with Gasteiger partial charge < -0.3 is 4.42 Å². The molecule has 0 N–H and O–H groups in total. The van der Waals surface area contributed by atoms with Crippen molar-refractivity contribution < 1.29 is 4.42 Å². The molecule has 1 rings (SSSR count). The van der Waals surface area contributed by atoms with Crippen molar-refractivity contribution in [3.8, 4) is 0 Å². The molecule has 116 valence electrons. The summed E-state index contributed by atoms with van der Waals surface area (Å²) < 4.78 is 5.55. The average molecular weight is 280 g/mol. The van der Waals surface area contributed by atoms with Gasteiger partial charge in [-0.1, -0.05) is 34.6 Å². The molecule has 0 aliphatic rings. The fraction of sp³-hybridized carbons (Fsp3) is 0.824. The second-order valence-electron chi connectivity index (χ2n) is 8.23. The number of nitrogens with zero attached hydrogens (tertiary/aromatic N) is 2. The number of rotatable bonds is 5. The molecule has 0 atom stereocenters. The average Bonchev–Trinajstić information content (AvgIpc) is 2.69. The Morgan fingerprint density at radius 2 is 1.75 bits per heavy atom. The Balaban J connectivity index is 2.74. The summed E-state index contributed by atoms with van der Waals surface area (Å²) in [6, 6.07) is 0. The van der Waals surface area contributed by atoms with E-state index in [4.69, 9.17) is 4.42 Å². The van der Waals surface area contributed by atoms with Crippen LogP contribution in [0.1, 0.15) is 79.3 Å². The Morgan fingerprint density at radius 3 is 2.15 bits per heavy atom. The molecule has 0 saturated heterocycles. The van der Waals surface area contributed by atoms with Crippen LogP contribution in [0.2, 0.25) is 0 Å². The minimum atomic E-state index is 0.141. The zero-order valence-electron chi connectivity index (χ0n) is 14.6. The molecule has 0 saturated carbocycles. The van der Waals surface area contributed by atoms with Crippen LogP contribution < -0.4 is 0 Å². The van der Waals surface area contributed by atoms with Gasteiger partial charge in [-0.2, -0.15) is 0 Å². The van der Waals surface area contributed by atoms with Crippen molar-refractivity contribution in [2.24, 2.45) is 5.41 Å². The second-order valence-corrected chi connectivity index (χ2v) is 8.23. The maximum atomic E-state index is 5.55. The van der Waals surface area contributed by atoms with Crippen molar-refractivity contribution >= 4 is 0 Å². The fourth-order valence-electron chi connectivity index (χ4n) is 1.98. The third-order valence-electron chi connectivity index (χ3n) is 3.50. The third-order valence-corrected chi connectivity index (χ3v) is 3.50. The van der Waals surface area contributed by atoms with Crippen molar-refractivity contribution in [3.63, 3.8) is 0 Å². The Labute approximate surface area is 124 Å². The van der Waals surface area contributed by atoms with Gasteiger partial charge in [-0.15, -0.1) is 0 Å². The van der Waals surface area contributed by atoms with Gasteiger partial charge in [0.1, 0.15) is 6.26 Å². The molecule has 3 nitrogen and oxygen atoms in total. The standard InChI is InChI=1S/C17H32N2O/c1-13(2)15-18-14(12-20-15)11-19(17(6,7)8)10-9-16(3,4)5/h12-13H,9-11H2,1-8H3. The lowest BCUT2D eigenvalue weighted by Gasteiger charge is -2.36. The van der Waals surface area contributed by atoms with Gasteiger partial charge in [0.25, 0.3) is 0 Å². The lowest BCUT2D eigenvalue weighted by Crippen LogP contribution is -2.42. The van der Waals surface area contributed by atoms with E-state index in [0.717, 1.165) is 24.7 Å². The quantitative estimate of drug-likeness (QED) is 0.773. The summed E-state index contributed by atoms with van der Waals surface area (Å²) in [4.78, 5) is 7.09. The fourth-order valence-corrected chi connectivity index (χ4v) is 1.98. The Hall–Kier alpha value is -0.830. The van der Waals surface area contributed by atoms with E-state index in [-0.39, 0.29) is 5.54 Å². The van der Waals surface area contributed by atoms with Crippen molar-refractivity contribution in [2.45, 2.75) is 79.8 Å². The van der Waals surface area contributed by atoms with E-state index >= 15 is 0 Å². The van der Waals surface area contributed by atoms with Gasteiger partial charge in [-0.05, 0) is 39.2 Å². The second kappa shape index (κ2) is 6.30. The SMILES string of the molecule is CC(C)c1nc(CN(CCC(C)(C)C)C(C)(C)C)co1. The van der Waals surface area contributed by atoms with Gasteiger partial charge in [0, 0.05) is 18.0 Å². The minimum Gasteiger partial charge on any atom is -0.448 e. The molecule has 0 aliphatic carbocycles. The van der Waals surface area contributed by atoms with Crippen LogP contribution in [-0.4, -0.2) is 22.0 Å². The molecule has 1 aromatic heterocycles. The molecular weight excluding hydrogens is 248 g/mol. The predicted molar refractivity (Wildman–Crippen MR) is 84.8 cm³/mol. The highest BCUT2D eigenvalue weighted by molar-refractivity contribution is 5.00. The van der Waals surface area contributed by atoms with Gasteiger partial charge in [-0.25, -0.2) is 4.98 Å². The van der Waals surface area contributed by atoms with Crippen LogP contribution in [-0.2, 0) is 6.54 Å². The highest BCUT2D eigenvalue weighted by Crippen LogP contribution is 2.24. The van der Waals surface area contributed by atoms with Crippen LogP contribution in [0, 0.1) is 5.41 Å². The van der Waals surface area contributed by atoms with Gasteiger partial charge in [0.15, 0.2) is 5.89 Å². The van der Waals surface area contributed by atoms with Crippen molar-refractivity contribution in [1.82, 2.24) is 9.88 Å². The lowest BCUT2D eigenvalue weighted by atomic mass is 9.91. The molecule has 1 aromatic rings. The maximum Gasteiger partial charge on any atom is 0.196 e. The molecular formula is C17H32N2O. The van der Waals surface area contributed by atoms with Crippen LogP contribution in [0.25, 0.3) is 0 Å². The number of oxazole rings is 1. The van der Waals surface area contributed by atoms with E-state index in [9.17, 15) is 0 Å². The van der Waals surface area contributed by atoms with Crippen molar-refractivity contribution in [3.05, 3.63) is 17.8 Å². The zero-order valence-corrected chi connectivity index (χ0v) is 14.6. The lowest BCUT2D eigenvalue weighted by molar-refractivity contribution is 0.108. The molecule has 3 heteroatoms. The number of hydrogen-bond donors (Lipinski definition) is 0. The molecule has 0 spiro atoms. The summed E-state index contributed by atoms with van der Waals surface area (Å²) in [5.41, 5.74) is 1.54. The normalized spacial score (nSPS) is 13.5. The summed E-state index contributed by atoms with van der Waals surface area (Å²) in [7, 11) is 0. The maximum absolute atomic E-state index is 5.55. The Morgan fingerprint density at radius 1 is 1.15 bits per heavy atom. The highest BCUT2D eigenvalue weighted by Gasteiger charge is 2.24. The summed E-state index contributed by atoms with van der Waals surface area (Å²) >= 11 is 0. The van der Waals surface area contributed by atoms with Crippen LogP contribution in [0.5, 0.6) is 0 Å². The first kappa shape index (κ1) is 17.2. The molecule has 20 heavy (non-hydrogen) atoms. The van der Waals surface area contributed by atoms with E-state index in [1.807, 2.05) is 6.26 Å². The molecule has 0 aromatic carbocycles. The largest absolute Gasteiger partial charge is 0.448 e. The molecule has 0 fully saturated rings. The summed E-state index contributed by atoms with van der Waals surface area (Å²) in [6.07, 6.45) is 2.99. The minimum absolute atomic E-state index is 0.141. The van der Waals surface area contributed by atoms with E-state index in [2.05, 4.69) is 65.3 Å². The van der Waals surface area contributed by atoms with Crippen molar-refractivity contribution in [1.29, 1.82) is 0 Å². The van der Waals surface area contributed by atoms with Crippen LogP contribution in [0.3, 0.4) is 0 Å². The van der Waals surface area contributed by atoms with E-state index in [1.165, 1.54) is 6.42 Å². The summed E-state index contributed by atoms with van der Waals surface area (Å²) in [6.45, 7) is 19.8. The zero-order chi connectivity index (χ0) is 15.6. The molecule has 0 aliphatic heterocycles. The molecule has 0 unspecified atom stereocenters. The first-order valence-corrected chi connectivity index (χ1v) is 7.68. The molecule has 0 bridgehead atoms. The number of aromatic nitrogens is 1. The first-order valence-electron chi connectivity index (χ1n) is 7.68. The smallest absolute Gasteiger partial charge is 0.196 e. The third kappa shape index (κ3) is 5.66. The predicted octanol–water partition coefficient (Wildman–Crippen LogP) is 4.83. The van der Waals surface area contributed by atoms with Crippen LogP contribution in [0.15, 0.2) is 10.7 Å². The number of hydrogen-bond acceptors (Lipinski definition) is 3. The monoisotopic (exact) mass is 280 g/mol. The van der Waals surface area contributed by atoms with Crippen LogP contribution in [0.4, 0.5) is 0 Å². The highest BCUT2D eigenvalue weighted by atomic mass is 16.3.